The smallest absolute Gasteiger partial charge is 0.307 e. The molecule has 7 heteroatoms. The van der Waals surface area contributed by atoms with Crippen molar-refractivity contribution in [3.8, 4) is 0 Å². The Morgan fingerprint density at radius 1 is 1.29 bits per heavy atom. The summed E-state index contributed by atoms with van der Waals surface area (Å²) in [6, 6.07) is 8.45. The van der Waals surface area contributed by atoms with E-state index in [-0.39, 0.29) is 12.3 Å². The standard InChI is InChI=1S/C17H15Cl2NO3S/c1-23-16(22)10-13(14-6-3-9-24-14)20-15(21)8-7-11-4-2-5-12(18)17(11)19/h2-9,13H,10H2,1H3,(H,20,21)/b8-7+. The van der Waals surface area contributed by atoms with Crippen molar-refractivity contribution in [3.05, 3.63) is 62.3 Å². The van der Waals surface area contributed by atoms with Crippen LogP contribution in [0, 0.1) is 0 Å². The van der Waals surface area contributed by atoms with Crippen molar-refractivity contribution in [2.75, 3.05) is 7.11 Å². The van der Waals surface area contributed by atoms with Gasteiger partial charge in [0.2, 0.25) is 5.91 Å². The van der Waals surface area contributed by atoms with E-state index in [9.17, 15) is 9.59 Å². The molecular weight excluding hydrogens is 369 g/mol. The zero-order valence-corrected chi connectivity index (χ0v) is 15.1. The largest absolute Gasteiger partial charge is 0.469 e. The highest BCUT2D eigenvalue weighted by Crippen LogP contribution is 2.26. The van der Waals surface area contributed by atoms with Crippen molar-refractivity contribution >= 4 is 52.5 Å². The van der Waals surface area contributed by atoms with Gasteiger partial charge in [0.25, 0.3) is 0 Å². The molecule has 24 heavy (non-hydrogen) atoms. The number of rotatable bonds is 6. The van der Waals surface area contributed by atoms with Gasteiger partial charge < -0.3 is 10.1 Å². The Hall–Kier alpha value is -1.82. The first kappa shape index (κ1) is 18.5. The van der Waals surface area contributed by atoms with E-state index in [1.54, 1.807) is 24.3 Å². The van der Waals surface area contributed by atoms with Crippen LogP contribution in [0.2, 0.25) is 10.0 Å². The third-order valence-corrected chi connectivity index (χ3v) is 5.02. The topological polar surface area (TPSA) is 55.4 Å². The molecule has 1 unspecified atom stereocenters. The van der Waals surface area contributed by atoms with Crippen molar-refractivity contribution in [3.63, 3.8) is 0 Å². The summed E-state index contributed by atoms with van der Waals surface area (Å²) in [5.41, 5.74) is 0.639. The Bertz CT molecular complexity index is 744. The molecule has 2 rings (SSSR count). The average molecular weight is 384 g/mol. The lowest BCUT2D eigenvalue weighted by Crippen LogP contribution is -2.28. The Labute approximate surface area is 154 Å². The van der Waals surface area contributed by atoms with Gasteiger partial charge in [0.05, 0.1) is 29.6 Å². The molecular formula is C17H15Cl2NO3S. The van der Waals surface area contributed by atoms with Gasteiger partial charge in [-0.15, -0.1) is 11.3 Å². The van der Waals surface area contributed by atoms with Crippen LogP contribution in [0.3, 0.4) is 0 Å². The second-order valence-corrected chi connectivity index (χ2v) is 6.60. The Balaban J connectivity index is 2.08. The Kier molecular flexibility index (Phi) is 6.85. The molecule has 0 aliphatic carbocycles. The fourth-order valence-corrected chi connectivity index (χ4v) is 3.15. The molecule has 1 heterocycles. The number of carbonyl (C=O) groups excluding carboxylic acids is 2. The molecule has 0 saturated carbocycles. The number of nitrogens with one attached hydrogen (secondary N) is 1. The number of amides is 1. The van der Waals surface area contributed by atoms with E-state index in [2.05, 4.69) is 10.1 Å². The maximum atomic E-state index is 12.2. The second kappa shape index (κ2) is 8.87. The molecule has 1 aromatic carbocycles. The highest BCUT2D eigenvalue weighted by Gasteiger charge is 2.18. The van der Waals surface area contributed by atoms with E-state index in [0.717, 1.165) is 4.88 Å². The molecule has 0 aliphatic rings. The molecule has 2 aromatic rings. The van der Waals surface area contributed by atoms with Crippen LogP contribution in [0.4, 0.5) is 0 Å². The summed E-state index contributed by atoms with van der Waals surface area (Å²) in [6.07, 6.45) is 3.00. The molecule has 0 radical (unpaired) electrons. The predicted octanol–water partition coefficient (Wildman–Crippen LogP) is 4.49. The van der Waals surface area contributed by atoms with Crippen molar-refractivity contribution in [1.29, 1.82) is 0 Å². The summed E-state index contributed by atoms with van der Waals surface area (Å²) in [6.45, 7) is 0. The molecule has 0 saturated heterocycles. The molecule has 4 nitrogen and oxygen atoms in total. The maximum absolute atomic E-state index is 12.2. The van der Waals surface area contributed by atoms with E-state index < -0.39 is 12.0 Å². The summed E-state index contributed by atoms with van der Waals surface area (Å²) < 4.78 is 4.68. The van der Waals surface area contributed by atoms with E-state index in [1.165, 1.54) is 24.5 Å². The summed E-state index contributed by atoms with van der Waals surface area (Å²) in [5.74, 6) is -0.732. The summed E-state index contributed by atoms with van der Waals surface area (Å²) in [5, 5.41) is 5.48. The van der Waals surface area contributed by atoms with Crippen molar-refractivity contribution < 1.29 is 14.3 Å². The zero-order valence-electron chi connectivity index (χ0n) is 12.8. The van der Waals surface area contributed by atoms with Crippen LogP contribution in [-0.2, 0) is 14.3 Å². The van der Waals surface area contributed by atoms with Gasteiger partial charge in [-0.2, -0.15) is 0 Å². The minimum atomic E-state index is -0.440. The minimum absolute atomic E-state index is 0.0640. The normalized spacial score (nSPS) is 12.1. The van der Waals surface area contributed by atoms with Crippen LogP contribution in [0.15, 0.2) is 41.8 Å². The highest BCUT2D eigenvalue weighted by atomic mass is 35.5. The molecule has 0 aliphatic heterocycles. The van der Waals surface area contributed by atoms with Crippen LogP contribution in [0.25, 0.3) is 6.08 Å². The molecule has 1 aromatic heterocycles. The molecule has 0 bridgehead atoms. The number of thiophene rings is 1. The van der Waals surface area contributed by atoms with Crippen molar-refractivity contribution in [2.24, 2.45) is 0 Å². The number of halogens is 2. The molecule has 0 fully saturated rings. The lowest BCUT2D eigenvalue weighted by molar-refractivity contribution is -0.141. The van der Waals surface area contributed by atoms with Crippen LogP contribution in [-0.4, -0.2) is 19.0 Å². The fraction of sp³-hybridized carbons (Fsp3) is 0.176. The first-order valence-electron chi connectivity index (χ1n) is 7.04. The van der Waals surface area contributed by atoms with Gasteiger partial charge in [-0.25, -0.2) is 0 Å². The lowest BCUT2D eigenvalue weighted by Gasteiger charge is -2.15. The monoisotopic (exact) mass is 383 g/mol. The Morgan fingerprint density at radius 3 is 2.75 bits per heavy atom. The van der Waals surface area contributed by atoms with Crippen molar-refractivity contribution in [2.45, 2.75) is 12.5 Å². The quantitative estimate of drug-likeness (QED) is 0.590. The zero-order chi connectivity index (χ0) is 17.5. The minimum Gasteiger partial charge on any atom is -0.469 e. The Morgan fingerprint density at radius 2 is 2.08 bits per heavy atom. The van der Waals surface area contributed by atoms with Crippen molar-refractivity contribution in [1.82, 2.24) is 5.32 Å². The summed E-state index contributed by atoms with van der Waals surface area (Å²) in [7, 11) is 1.32. The number of ether oxygens (including phenoxy) is 1. The number of hydrogen-bond donors (Lipinski definition) is 1. The van der Waals surface area contributed by atoms with Gasteiger partial charge >= 0.3 is 5.97 Å². The number of methoxy groups -OCH3 is 1. The molecule has 126 valence electrons. The van der Waals surface area contributed by atoms with Crippen LogP contribution >= 0.6 is 34.5 Å². The predicted molar refractivity (Wildman–Crippen MR) is 97.3 cm³/mol. The summed E-state index contributed by atoms with van der Waals surface area (Å²) >= 11 is 13.5. The van der Waals surface area contributed by atoms with Gasteiger partial charge in [-0.1, -0.05) is 41.4 Å². The van der Waals surface area contributed by atoms with Gasteiger partial charge in [0.1, 0.15) is 0 Å². The van der Waals surface area contributed by atoms with Gasteiger partial charge in [0.15, 0.2) is 0 Å². The van der Waals surface area contributed by atoms with Crippen LogP contribution in [0.5, 0.6) is 0 Å². The first-order chi connectivity index (χ1) is 11.5. The summed E-state index contributed by atoms with van der Waals surface area (Å²) in [4.78, 5) is 24.6. The highest BCUT2D eigenvalue weighted by molar-refractivity contribution is 7.10. The van der Waals surface area contributed by atoms with E-state index in [1.807, 2.05) is 17.5 Å². The van der Waals surface area contributed by atoms with Crippen LogP contribution < -0.4 is 5.32 Å². The number of esters is 1. The van der Waals surface area contributed by atoms with E-state index >= 15 is 0 Å². The molecule has 1 amide bonds. The maximum Gasteiger partial charge on any atom is 0.307 e. The first-order valence-corrected chi connectivity index (χ1v) is 8.67. The number of benzene rings is 1. The lowest BCUT2D eigenvalue weighted by atomic mass is 10.1. The van der Waals surface area contributed by atoms with Gasteiger partial charge in [-0.05, 0) is 29.2 Å². The van der Waals surface area contributed by atoms with E-state index in [0.29, 0.717) is 15.6 Å². The molecule has 1 atom stereocenters. The van der Waals surface area contributed by atoms with Gasteiger partial charge in [-0.3, -0.25) is 9.59 Å². The third-order valence-electron chi connectivity index (χ3n) is 3.20. The number of carbonyl (C=O) groups is 2. The second-order valence-electron chi connectivity index (χ2n) is 4.83. The van der Waals surface area contributed by atoms with Crippen LogP contribution in [0.1, 0.15) is 22.9 Å². The fourth-order valence-electron chi connectivity index (χ4n) is 2.00. The number of hydrogen-bond acceptors (Lipinski definition) is 4. The van der Waals surface area contributed by atoms with Gasteiger partial charge in [0, 0.05) is 11.0 Å². The SMILES string of the molecule is COC(=O)CC(NC(=O)/C=C/c1cccc(Cl)c1Cl)c1cccs1. The average Bonchev–Trinajstić information content (AvgIpc) is 3.10. The molecule has 0 spiro atoms. The molecule has 1 N–H and O–H groups in total. The third kappa shape index (κ3) is 5.09. The van der Waals surface area contributed by atoms with E-state index in [4.69, 9.17) is 23.2 Å².